The van der Waals surface area contributed by atoms with E-state index in [0.29, 0.717) is 33.8 Å². The van der Waals surface area contributed by atoms with Gasteiger partial charge in [0.05, 0.1) is 17.2 Å². The van der Waals surface area contributed by atoms with Crippen molar-refractivity contribution in [2.75, 3.05) is 11.9 Å². The minimum absolute atomic E-state index is 0.0849. The molecule has 0 saturated heterocycles. The predicted octanol–water partition coefficient (Wildman–Crippen LogP) is 7.47. The lowest BCUT2D eigenvalue weighted by Gasteiger charge is -2.13. The molecule has 38 heavy (non-hydrogen) atoms. The number of nitrogens with zero attached hydrogens (tertiary/aromatic N) is 2. The normalized spacial score (nSPS) is 11.7. The highest BCUT2D eigenvalue weighted by Crippen LogP contribution is 2.41. The van der Waals surface area contributed by atoms with Crippen molar-refractivity contribution < 1.29 is 27.6 Å². The molecule has 4 rings (SSSR count). The van der Waals surface area contributed by atoms with Crippen LogP contribution < -0.4 is 10.1 Å². The van der Waals surface area contributed by atoms with E-state index in [4.69, 9.17) is 27.9 Å². The van der Waals surface area contributed by atoms with Crippen LogP contribution in [0, 0.1) is 6.92 Å². The number of anilines is 1. The van der Waals surface area contributed by atoms with E-state index in [-0.39, 0.29) is 27.5 Å². The van der Waals surface area contributed by atoms with Crippen LogP contribution in [0.2, 0.25) is 10.0 Å². The van der Waals surface area contributed by atoms with Gasteiger partial charge in [0.25, 0.3) is 16.0 Å². The Hall–Kier alpha value is -3.70. The molecule has 3 N–H and O–H groups in total. The number of hydrogen-bond acceptors (Lipinski definition) is 7. The van der Waals surface area contributed by atoms with Crippen LogP contribution in [0.1, 0.15) is 22.8 Å². The minimum atomic E-state index is -4.66. The number of aryl methyl sites for hydroxylation is 1. The van der Waals surface area contributed by atoms with Crippen LogP contribution in [0.15, 0.2) is 75.8 Å². The van der Waals surface area contributed by atoms with Gasteiger partial charge in [-0.15, -0.1) is 10.2 Å². The Balaban J connectivity index is 1.81. The zero-order valence-electron chi connectivity index (χ0n) is 20.1. The summed E-state index contributed by atoms with van der Waals surface area (Å²) in [6.07, 6.45) is 0. The maximum atomic E-state index is 13.2. The first-order chi connectivity index (χ1) is 18.0. The van der Waals surface area contributed by atoms with E-state index in [2.05, 4.69) is 15.5 Å². The number of halogens is 2. The van der Waals surface area contributed by atoms with Crippen molar-refractivity contribution in [3.63, 3.8) is 0 Å². The van der Waals surface area contributed by atoms with Crippen molar-refractivity contribution >= 4 is 67.1 Å². The Morgan fingerprint density at radius 2 is 1.79 bits per heavy atom. The van der Waals surface area contributed by atoms with Gasteiger partial charge in [0, 0.05) is 22.2 Å². The van der Waals surface area contributed by atoms with E-state index < -0.39 is 26.7 Å². The maximum Gasteiger partial charge on any atom is 0.297 e. The summed E-state index contributed by atoms with van der Waals surface area (Å²) in [5, 5.41) is 23.4. The lowest BCUT2D eigenvalue weighted by molar-refractivity contribution is 0.102. The molecule has 0 aliphatic rings. The van der Waals surface area contributed by atoms with E-state index >= 15 is 0 Å². The number of ether oxygens (including phenoxy) is 1. The highest BCUT2D eigenvalue weighted by atomic mass is 35.5. The zero-order chi connectivity index (χ0) is 27.6. The Morgan fingerprint density at radius 1 is 1.05 bits per heavy atom. The first-order valence-electron chi connectivity index (χ1n) is 11.2. The number of carbonyl (C=O) groups is 1. The second-order valence-corrected chi connectivity index (χ2v) is 10.3. The number of azo groups is 1. The van der Waals surface area contributed by atoms with E-state index in [1.165, 1.54) is 25.1 Å². The van der Waals surface area contributed by atoms with Crippen molar-refractivity contribution in [3.05, 3.63) is 81.8 Å². The third-order valence-electron chi connectivity index (χ3n) is 5.46. The predicted molar refractivity (Wildman–Crippen MR) is 146 cm³/mol. The van der Waals surface area contributed by atoms with Crippen molar-refractivity contribution in [1.82, 2.24) is 0 Å². The van der Waals surface area contributed by atoms with Gasteiger partial charge < -0.3 is 15.2 Å². The third-order valence-corrected chi connectivity index (χ3v) is 7.04. The molecule has 0 aliphatic carbocycles. The van der Waals surface area contributed by atoms with Gasteiger partial charge >= 0.3 is 0 Å². The maximum absolute atomic E-state index is 13.2. The summed E-state index contributed by atoms with van der Waals surface area (Å²) in [6, 6.07) is 15.6. The van der Waals surface area contributed by atoms with Gasteiger partial charge in [-0.25, -0.2) is 0 Å². The molecule has 0 heterocycles. The van der Waals surface area contributed by atoms with Gasteiger partial charge in [-0.05, 0) is 55.1 Å². The van der Waals surface area contributed by atoms with Gasteiger partial charge in [-0.1, -0.05) is 47.5 Å². The largest absolute Gasteiger partial charge is 0.505 e. The van der Waals surface area contributed by atoms with Crippen molar-refractivity contribution in [1.29, 1.82) is 0 Å². The minimum Gasteiger partial charge on any atom is -0.505 e. The number of fused-ring (bicyclic) bond motifs is 1. The number of aromatic hydroxyl groups is 1. The molecule has 196 valence electrons. The Labute approximate surface area is 228 Å². The summed E-state index contributed by atoms with van der Waals surface area (Å²) in [5.41, 5.74) is 0.109. The molecule has 12 heteroatoms. The van der Waals surface area contributed by atoms with Crippen LogP contribution in [0.5, 0.6) is 11.5 Å². The summed E-state index contributed by atoms with van der Waals surface area (Å²) in [5.74, 6) is -0.751. The summed E-state index contributed by atoms with van der Waals surface area (Å²) < 4.78 is 39.1. The molecule has 0 atom stereocenters. The molecule has 4 aromatic carbocycles. The summed E-state index contributed by atoms with van der Waals surface area (Å²) in [6.45, 7) is 3.62. The fourth-order valence-corrected chi connectivity index (χ4v) is 5.13. The van der Waals surface area contributed by atoms with Crippen LogP contribution in [0.4, 0.5) is 17.1 Å². The first kappa shape index (κ1) is 27.3. The van der Waals surface area contributed by atoms with Gasteiger partial charge in [-0.3, -0.25) is 9.35 Å². The third kappa shape index (κ3) is 5.73. The second-order valence-electron chi connectivity index (χ2n) is 8.12. The average Bonchev–Trinajstić information content (AvgIpc) is 2.84. The number of benzene rings is 4. The van der Waals surface area contributed by atoms with E-state index in [1.807, 2.05) is 0 Å². The number of amides is 1. The molecular weight excluding hydrogens is 553 g/mol. The van der Waals surface area contributed by atoms with E-state index in [1.54, 1.807) is 49.4 Å². The van der Waals surface area contributed by atoms with Crippen LogP contribution in [-0.2, 0) is 10.1 Å². The standard InChI is InChI=1S/C26H21Cl2N3O6S/c1-3-37-22-13-17(8-9-20(22)28)29-26(33)19-11-15-6-4-5-7-18(15)23(24(19)32)31-30-21-12-16(27)10-14(2)25(21)38(34,35)36/h4-13,32H,3H2,1-2H3,(H,29,33)(H,34,35,36). The van der Waals surface area contributed by atoms with Crippen molar-refractivity contribution in [3.8, 4) is 11.5 Å². The average molecular weight is 574 g/mol. The van der Waals surface area contributed by atoms with Crippen LogP contribution in [0.25, 0.3) is 10.8 Å². The molecule has 0 spiro atoms. The highest BCUT2D eigenvalue weighted by molar-refractivity contribution is 7.86. The van der Waals surface area contributed by atoms with Crippen LogP contribution in [0.3, 0.4) is 0 Å². The summed E-state index contributed by atoms with van der Waals surface area (Å²) >= 11 is 12.2. The molecule has 9 nitrogen and oxygen atoms in total. The SMILES string of the molecule is CCOc1cc(NC(=O)c2cc3ccccc3c(N=Nc3cc(Cl)cc(C)c3S(=O)(=O)O)c2O)ccc1Cl. The van der Waals surface area contributed by atoms with Gasteiger partial charge in [0.1, 0.15) is 22.0 Å². The number of phenolic OH excluding ortho intramolecular Hbond substituents is 1. The quantitative estimate of drug-likeness (QED) is 0.155. The van der Waals surface area contributed by atoms with Crippen LogP contribution >= 0.6 is 23.2 Å². The molecule has 0 aromatic heterocycles. The Morgan fingerprint density at radius 3 is 2.50 bits per heavy atom. The second kappa shape index (κ2) is 11.0. The molecule has 4 aromatic rings. The molecule has 0 aliphatic heterocycles. The van der Waals surface area contributed by atoms with Gasteiger partial charge in [-0.2, -0.15) is 8.42 Å². The fraction of sp³-hybridized carbons (Fsp3) is 0.115. The molecule has 0 unspecified atom stereocenters. The summed E-state index contributed by atoms with van der Waals surface area (Å²) in [4.78, 5) is 12.7. The summed E-state index contributed by atoms with van der Waals surface area (Å²) in [7, 11) is -4.66. The van der Waals surface area contributed by atoms with Gasteiger partial charge in [0.15, 0.2) is 5.75 Å². The zero-order valence-corrected chi connectivity index (χ0v) is 22.4. The molecular formula is C26H21Cl2N3O6S. The Bertz CT molecular complexity index is 1710. The number of rotatable bonds is 7. The monoisotopic (exact) mass is 573 g/mol. The molecule has 0 fully saturated rings. The van der Waals surface area contributed by atoms with Gasteiger partial charge in [0.2, 0.25) is 0 Å². The Kier molecular flexibility index (Phi) is 7.89. The molecule has 0 bridgehead atoms. The number of carbonyl (C=O) groups excluding carboxylic acids is 1. The smallest absolute Gasteiger partial charge is 0.297 e. The molecule has 0 saturated carbocycles. The lowest BCUT2D eigenvalue weighted by atomic mass is 10.0. The first-order valence-corrected chi connectivity index (χ1v) is 13.4. The van der Waals surface area contributed by atoms with Crippen LogP contribution in [-0.4, -0.2) is 30.6 Å². The van der Waals surface area contributed by atoms with E-state index in [0.717, 1.165) is 0 Å². The number of nitrogens with one attached hydrogen (secondary N) is 1. The molecule has 1 amide bonds. The fourth-order valence-electron chi connectivity index (χ4n) is 3.86. The lowest BCUT2D eigenvalue weighted by Crippen LogP contribution is -2.12. The van der Waals surface area contributed by atoms with Crippen molar-refractivity contribution in [2.45, 2.75) is 18.7 Å². The topological polar surface area (TPSA) is 138 Å². The molecule has 0 radical (unpaired) electrons. The number of hydrogen-bond donors (Lipinski definition) is 3. The van der Waals surface area contributed by atoms with Crippen molar-refractivity contribution in [2.24, 2.45) is 10.2 Å². The highest BCUT2D eigenvalue weighted by Gasteiger charge is 2.22. The van der Waals surface area contributed by atoms with E-state index in [9.17, 15) is 22.9 Å². The number of phenols is 1.